The number of piperidine rings is 1. The number of aliphatic hydroxyl groups excluding tert-OH is 1. The van der Waals surface area contributed by atoms with Gasteiger partial charge in [0.15, 0.2) is 0 Å². The van der Waals surface area contributed by atoms with Crippen molar-refractivity contribution in [1.82, 2.24) is 4.90 Å². The molecule has 102 valence electrons. The van der Waals surface area contributed by atoms with Gasteiger partial charge in [0.1, 0.15) is 0 Å². The molecule has 0 amide bonds. The van der Waals surface area contributed by atoms with Gasteiger partial charge in [-0.15, -0.1) is 12.4 Å². The molecule has 0 saturated carbocycles. The lowest BCUT2D eigenvalue weighted by Gasteiger charge is -2.49. The highest BCUT2D eigenvalue weighted by Crippen LogP contribution is 2.49. The van der Waals surface area contributed by atoms with Crippen molar-refractivity contribution in [2.75, 3.05) is 32.0 Å². The average molecular weight is 280 g/mol. The monoisotopic (exact) mass is 279 g/mol. The van der Waals surface area contributed by atoms with Crippen molar-refractivity contribution in [3.63, 3.8) is 0 Å². The number of β-amino-alcohol motifs (C(OH)–C–C–N with tert-alkyl or cyclic N) is 1. The number of aliphatic hydroxyl groups is 1. The topological polar surface area (TPSA) is 23.5 Å². The van der Waals surface area contributed by atoms with Gasteiger partial charge in [0.05, 0.1) is 6.61 Å². The van der Waals surface area contributed by atoms with Gasteiger partial charge in [-0.05, 0) is 43.4 Å². The number of hydrogen-bond donors (Lipinski definition) is 1. The Labute approximate surface area is 116 Å². The number of halogens is 1. The number of thioether (sulfide) groups is 1. The SMILES string of the molecule is CC1(C)CC2(CCCN(CCO)C2)CCS1.Cl. The summed E-state index contributed by atoms with van der Waals surface area (Å²) in [5.41, 5.74) is 0.558. The van der Waals surface area contributed by atoms with E-state index in [1.165, 1.54) is 44.5 Å². The van der Waals surface area contributed by atoms with E-state index in [1.54, 1.807) is 0 Å². The van der Waals surface area contributed by atoms with Crippen LogP contribution in [0.15, 0.2) is 0 Å². The Hall–Kier alpha value is 0.560. The summed E-state index contributed by atoms with van der Waals surface area (Å²) in [6, 6.07) is 0. The molecule has 0 bridgehead atoms. The van der Waals surface area contributed by atoms with E-state index in [1.807, 2.05) is 0 Å². The second-order valence-electron chi connectivity index (χ2n) is 6.14. The first kappa shape index (κ1) is 15.6. The number of rotatable bonds is 2. The molecule has 1 atom stereocenters. The van der Waals surface area contributed by atoms with Gasteiger partial charge in [-0.1, -0.05) is 13.8 Å². The van der Waals surface area contributed by atoms with Gasteiger partial charge in [-0.25, -0.2) is 0 Å². The summed E-state index contributed by atoms with van der Waals surface area (Å²) < 4.78 is 0.459. The van der Waals surface area contributed by atoms with Gasteiger partial charge in [0.25, 0.3) is 0 Å². The Balaban J connectivity index is 0.00000144. The van der Waals surface area contributed by atoms with E-state index >= 15 is 0 Å². The molecule has 2 aliphatic rings. The summed E-state index contributed by atoms with van der Waals surface area (Å²) in [4.78, 5) is 2.47. The Morgan fingerprint density at radius 3 is 2.71 bits per heavy atom. The summed E-state index contributed by atoms with van der Waals surface area (Å²) in [6.07, 6.45) is 5.45. The maximum Gasteiger partial charge on any atom is 0.0558 e. The Kier molecular flexibility index (Phi) is 5.64. The lowest BCUT2D eigenvalue weighted by molar-refractivity contribution is 0.0552. The van der Waals surface area contributed by atoms with Crippen LogP contribution in [0.1, 0.15) is 39.5 Å². The molecule has 2 nitrogen and oxygen atoms in total. The molecule has 1 N–H and O–H groups in total. The van der Waals surface area contributed by atoms with E-state index in [-0.39, 0.29) is 12.4 Å². The number of likely N-dealkylation sites (tertiary alicyclic amines) is 1. The van der Waals surface area contributed by atoms with Crippen LogP contribution in [-0.2, 0) is 0 Å². The first-order chi connectivity index (χ1) is 7.55. The third-order valence-corrected chi connectivity index (χ3v) is 5.42. The molecular formula is C13H26ClNOS. The zero-order chi connectivity index (χ0) is 11.6. The zero-order valence-corrected chi connectivity index (χ0v) is 12.7. The highest BCUT2D eigenvalue weighted by Gasteiger charge is 2.42. The summed E-state index contributed by atoms with van der Waals surface area (Å²) in [5, 5.41) is 9.06. The highest BCUT2D eigenvalue weighted by molar-refractivity contribution is 8.00. The van der Waals surface area contributed by atoms with Gasteiger partial charge < -0.3 is 10.0 Å². The maximum atomic E-state index is 9.06. The van der Waals surface area contributed by atoms with Gasteiger partial charge in [0.2, 0.25) is 0 Å². The molecule has 0 aromatic carbocycles. The number of hydrogen-bond acceptors (Lipinski definition) is 3. The second kappa shape index (κ2) is 6.14. The molecular weight excluding hydrogens is 254 g/mol. The minimum absolute atomic E-state index is 0. The molecule has 0 radical (unpaired) electrons. The van der Waals surface area contributed by atoms with Crippen LogP contribution in [0.25, 0.3) is 0 Å². The van der Waals surface area contributed by atoms with Gasteiger partial charge in [0, 0.05) is 17.8 Å². The fourth-order valence-corrected chi connectivity index (χ4v) is 5.07. The number of nitrogens with zero attached hydrogens (tertiary/aromatic N) is 1. The molecule has 0 aromatic heterocycles. The van der Waals surface area contributed by atoms with Crippen LogP contribution in [-0.4, -0.2) is 46.7 Å². The first-order valence-corrected chi connectivity index (χ1v) is 7.51. The van der Waals surface area contributed by atoms with Crippen molar-refractivity contribution < 1.29 is 5.11 Å². The van der Waals surface area contributed by atoms with Crippen molar-refractivity contribution in [2.45, 2.75) is 44.3 Å². The Morgan fingerprint density at radius 2 is 2.06 bits per heavy atom. The van der Waals surface area contributed by atoms with Gasteiger partial charge >= 0.3 is 0 Å². The van der Waals surface area contributed by atoms with E-state index in [0.29, 0.717) is 16.8 Å². The fourth-order valence-electron chi connectivity index (χ4n) is 3.58. The summed E-state index contributed by atoms with van der Waals surface area (Å²) in [7, 11) is 0. The zero-order valence-electron chi connectivity index (χ0n) is 11.1. The predicted octanol–water partition coefficient (Wildman–Crippen LogP) is 2.79. The van der Waals surface area contributed by atoms with Crippen LogP contribution in [0.4, 0.5) is 0 Å². The molecule has 2 fully saturated rings. The van der Waals surface area contributed by atoms with E-state index in [0.717, 1.165) is 6.54 Å². The van der Waals surface area contributed by atoms with Crippen LogP contribution < -0.4 is 0 Å². The van der Waals surface area contributed by atoms with Crippen molar-refractivity contribution in [1.29, 1.82) is 0 Å². The van der Waals surface area contributed by atoms with Crippen LogP contribution >= 0.6 is 24.2 Å². The lowest BCUT2D eigenvalue weighted by atomic mass is 9.71. The molecule has 2 rings (SSSR count). The molecule has 2 aliphatic heterocycles. The molecule has 0 aromatic rings. The molecule has 0 aliphatic carbocycles. The van der Waals surface area contributed by atoms with Crippen molar-refractivity contribution in [2.24, 2.45) is 5.41 Å². The second-order valence-corrected chi connectivity index (χ2v) is 7.94. The van der Waals surface area contributed by atoms with Gasteiger partial charge in [-0.3, -0.25) is 0 Å². The summed E-state index contributed by atoms with van der Waals surface area (Å²) in [6.45, 7) is 8.38. The van der Waals surface area contributed by atoms with E-state index in [4.69, 9.17) is 5.11 Å². The summed E-state index contributed by atoms with van der Waals surface area (Å²) >= 11 is 2.13. The molecule has 2 heterocycles. The third kappa shape index (κ3) is 4.02. The Morgan fingerprint density at radius 1 is 1.29 bits per heavy atom. The van der Waals surface area contributed by atoms with E-state index in [9.17, 15) is 0 Å². The highest BCUT2D eigenvalue weighted by atomic mass is 35.5. The van der Waals surface area contributed by atoms with Crippen LogP contribution in [0.5, 0.6) is 0 Å². The van der Waals surface area contributed by atoms with Crippen LogP contribution in [0.3, 0.4) is 0 Å². The molecule has 4 heteroatoms. The van der Waals surface area contributed by atoms with E-state index in [2.05, 4.69) is 30.5 Å². The normalized spacial score (nSPS) is 33.4. The quantitative estimate of drug-likeness (QED) is 0.841. The lowest BCUT2D eigenvalue weighted by Crippen LogP contribution is -2.48. The van der Waals surface area contributed by atoms with Crippen molar-refractivity contribution in [3.8, 4) is 0 Å². The first-order valence-electron chi connectivity index (χ1n) is 6.53. The van der Waals surface area contributed by atoms with Crippen molar-refractivity contribution in [3.05, 3.63) is 0 Å². The predicted molar refractivity (Wildman–Crippen MR) is 78.2 cm³/mol. The largest absolute Gasteiger partial charge is 0.395 e. The van der Waals surface area contributed by atoms with Crippen LogP contribution in [0.2, 0.25) is 0 Å². The fraction of sp³-hybridized carbons (Fsp3) is 1.00. The minimum atomic E-state index is 0. The Bertz CT molecular complexity index is 244. The summed E-state index contributed by atoms with van der Waals surface area (Å²) in [5.74, 6) is 1.32. The minimum Gasteiger partial charge on any atom is -0.395 e. The van der Waals surface area contributed by atoms with Gasteiger partial charge in [-0.2, -0.15) is 11.8 Å². The molecule has 2 saturated heterocycles. The smallest absolute Gasteiger partial charge is 0.0558 e. The average Bonchev–Trinajstić information content (AvgIpc) is 2.16. The van der Waals surface area contributed by atoms with Crippen LogP contribution in [0, 0.1) is 5.41 Å². The standard InChI is InChI=1S/C13H25NOS.ClH/c1-12(2)10-13(5-9-16-12)4-3-6-14(11-13)7-8-15;/h15H,3-11H2,1-2H3;1H. The maximum absolute atomic E-state index is 9.06. The molecule has 1 spiro atoms. The molecule has 1 unspecified atom stereocenters. The van der Waals surface area contributed by atoms with Crippen molar-refractivity contribution >= 4 is 24.2 Å². The van der Waals surface area contributed by atoms with E-state index < -0.39 is 0 Å². The third-order valence-electron chi connectivity index (χ3n) is 4.08. The molecule has 17 heavy (non-hydrogen) atoms.